The lowest BCUT2D eigenvalue weighted by molar-refractivity contribution is 0.353. The number of rotatable bonds is 6. The van der Waals surface area contributed by atoms with E-state index in [4.69, 9.17) is 9.47 Å². The van der Waals surface area contributed by atoms with E-state index >= 15 is 0 Å². The van der Waals surface area contributed by atoms with Crippen molar-refractivity contribution in [2.45, 2.75) is 31.8 Å². The zero-order valence-electron chi connectivity index (χ0n) is 17.1. The third-order valence-electron chi connectivity index (χ3n) is 5.23. The Balaban J connectivity index is 1.67. The molecule has 1 fully saturated rings. The molecular weight excluding hydrogens is 357 g/mol. The molecule has 1 aliphatic carbocycles. The second-order valence-corrected chi connectivity index (χ2v) is 7.15. The van der Waals surface area contributed by atoms with Crippen LogP contribution in [0.3, 0.4) is 0 Å². The monoisotopic (exact) mass is 385 g/mol. The molecule has 1 saturated carbocycles. The number of hydrogen-bond acceptors (Lipinski definition) is 3. The summed E-state index contributed by atoms with van der Waals surface area (Å²) in [5, 5.41) is 3.46. The minimum atomic E-state index is -0.138. The molecule has 0 radical (unpaired) electrons. The molecule has 2 atom stereocenters. The van der Waals surface area contributed by atoms with Crippen LogP contribution in [0.5, 0.6) is 11.5 Å². The van der Waals surface area contributed by atoms with Gasteiger partial charge in [-0.15, -0.1) is 0 Å². The van der Waals surface area contributed by atoms with Gasteiger partial charge in [-0.25, -0.2) is 4.39 Å². The predicted molar refractivity (Wildman–Crippen MR) is 110 cm³/mol. The number of aliphatic imine (C=N–C) groups is 1. The van der Waals surface area contributed by atoms with Crippen molar-refractivity contribution in [1.82, 2.24) is 10.2 Å². The molecule has 28 heavy (non-hydrogen) atoms. The molecule has 0 heterocycles. The normalized spacial score (nSPS) is 18.6. The smallest absolute Gasteiger partial charge is 0.193 e. The molecule has 6 heteroatoms. The van der Waals surface area contributed by atoms with E-state index in [1.807, 2.05) is 31.3 Å². The van der Waals surface area contributed by atoms with Crippen LogP contribution in [-0.2, 0) is 6.54 Å². The average molecular weight is 385 g/mol. The molecule has 5 nitrogen and oxygen atoms in total. The van der Waals surface area contributed by atoms with E-state index in [9.17, 15) is 4.39 Å². The zero-order valence-corrected chi connectivity index (χ0v) is 17.1. The number of methoxy groups -OCH3 is 2. The summed E-state index contributed by atoms with van der Waals surface area (Å²) >= 11 is 0. The van der Waals surface area contributed by atoms with Crippen LogP contribution in [0.15, 0.2) is 41.4 Å². The summed E-state index contributed by atoms with van der Waals surface area (Å²) in [6.07, 6.45) is 0.906. The molecular formula is C22H28FN3O2. The third-order valence-corrected chi connectivity index (χ3v) is 5.23. The lowest BCUT2D eigenvalue weighted by atomic mass is 10.1. The average Bonchev–Trinajstić information content (AvgIpc) is 3.46. The number of hydrogen-bond donors (Lipinski definition) is 1. The molecule has 0 bridgehead atoms. The molecule has 3 rings (SSSR count). The predicted octanol–water partition coefficient (Wildman–Crippen LogP) is 3.71. The van der Waals surface area contributed by atoms with Gasteiger partial charge in [0.05, 0.1) is 14.2 Å². The van der Waals surface area contributed by atoms with Gasteiger partial charge >= 0.3 is 0 Å². The Morgan fingerprint density at radius 3 is 2.54 bits per heavy atom. The first kappa shape index (κ1) is 20.0. The Bertz CT molecular complexity index is 869. The largest absolute Gasteiger partial charge is 0.493 e. The first-order valence-electron chi connectivity index (χ1n) is 9.38. The van der Waals surface area contributed by atoms with E-state index in [1.165, 1.54) is 6.07 Å². The van der Waals surface area contributed by atoms with Crippen LogP contribution in [0.1, 0.15) is 29.0 Å². The fourth-order valence-electron chi connectivity index (χ4n) is 3.51. The van der Waals surface area contributed by atoms with Crippen LogP contribution in [-0.4, -0.2) is 45.2 Å². The highest BCUT2D eigenvalue weighted by atomic mass is 19.1. The zero-order chi connectivity index (χ0) is 20.3. The lowest BCUT2D eigenvalue weighted by Gasteiger charge is -2.24. The van der Waals surface area contributed by atoms with Gasteiger partial charge in [-0.1, -0.05) is 18.2 Å². The van der Waals surface area contributed by atoms with Gasteiger partial charge in [0.25, 0.3) is 0 Å². The van der Waals surface area contributed by atoms with Crippen LogP contribution in [0.4, 0.5) is 4.39 Å². The van der Waals surface area contributed by atoms with E-state index < -0.39 is 0 Å². The van der Waals surface area contributed by atoms with Crippen LogP contribution < -0.4 is 14.8 Å². The van der Waals surface area contributed by atoms with Crippen LogP contribution >= 0.6 is 0 Å². The molecule has 0 aromatic heterocycles. The standard InChI is InChI=1S/C22H28FN3O2/c1-14-10-20(27-4)21(28-5)11-15(14)13-26(3)22(24-2)25-19-12-17(19)16-8-6-7-9-18(16)23/h6-11,17,19H,12-13H2,1-5H3,(H,24,25). The second kappa shape index (κ2) is 8.50. The summed E-state index contributed by atoms with van der Waals surface area (Å²) in [6.45, 7) is 2.72. The van der Waals surface area contributed by atoms with Crippen molar-refractivity contribution >= 4 is 5.96 Å². The van der Waals surface area contributed by atoms with Gasteiger partial charge in [-0.3, -0.25) is 4.99 Å². The van der Waals surface area contributed by atoms with Crippen molar-refractivity contribution in [3.63, 3.8) is 0 Å². The number of nitrogens with zero attached hydrogens (tertiary/aromatic N) is 2. The Kier molecular flexibility index (Phi) is 6.07. The lowest BCUT2D eigenvalue weighted by Crippen LogP contribution is -2.40. The maximum absolute atomic E-state index is 14.0. The van der Waals surface area contributed by atoms with E-state index in [0.717, 1.165) is 34.8 Å². The van der Waals surface area contributed by atoms with Crippen molar-refractivity contribution in [3.05, 3.63) is 58.9 Å². The second-order valence-electron chi connectivity index (χ2n) is 7.15. The van der Waals surface area contributed by atoms with Gasteiger partial charge in [0.2, 0.25) is 0 Å². The van der Waals surface area contributed by atoms with Gasteiger partial charge in [0.1, 0.15) is 5.82 Å². The molecule has 0 aliphatic heterocycles. The Hall–Kier alpha value is -2.76. The summed E-state index contributed by atoms with van der Waals surface area (Å²) in [5.74, 6) is 2.27. The Labute approximate surface area is 166 Å². The number of benzene rings is 2. The molecule has 1 N–H and O–H groups in total. The highest BCUT2D eigenvalue weighted by Gasteiger charge is 2.40. The van der Waals surface area contributed by atoms with Crippen LogP contribution in [0.25, 0.3) is 0 Å². The number of nitrogens with one attached hydrogen (secondary N) is 1. The summed E-state index contributed by atoms with van der Waals surface area (Å²) in [4.78, 5) is 6.46. The molecule has 0 spiro atoms. The molecule has 1 aliphatic rings. The van der Waals surface area contributed by atoms with Crippen molar-refractivity contribution in [2.24, 2.45) is 4.99 Å². The molecule has 0 saturated heterocycles. The van der Waals surface area contributed by atoms with Crippen molar-refractivity contribution < 1.29 is 13.9 Å². The minimum absolute atomic E-state index is 0.138. The van der Waals surface area contributed by atoms with E-state index in [1.54, 1.807) is 27.3 Å². The molecule has 2 unspecified atom stereocenters. The highest BCUT2D eigenvalue weighted by Crippen LogP contribution is 2.42. The molecule has 0 amide bonds. The summed E-state index contributed by atoms with van der Waals surface area (Å²) in [7, 11) is 7.03. The van der Waals surface area contributed by atoms with E-state index in [2.05, 4.69) is 22.1 Å². The summed E-state index contributed by atoms with van der Waals surface area (Å²) in [5.41, 5.74) is 3.02. The van der Waals surface area contributed by atoms with Crippen LogP contribution in [0.2, 0.25) is 0 Å². The first-order chi connectivity index (χ1) is 13.5. The minimum Gasteiger partial charge on any atom is -0.493 e. The summed E-state index contributed by atoms with van der Waals surface area (Å²) in [6, 6.07) is 11.2. The van der Waals surface area contributed by atoms with Gasteiger partial charge in [-0.05, 0) is 48.2 Å². The Morgan fingerprint density at radius 1 is 1.21 bits per heavy atom. The van der Waals surface area contributed by atoms with Gasteiger partial charge in [0.15, 0.2) is 17.5 Å². The fourth-order valence-corrected chi connectivity index (χ4v) is 3.51. The van der Waals surface area contributed by atoms with Gasteiger partial charge in [0, 0.05) is 32.6 Å². The summed E-state index contributed by atoms with van der Waals surface area (Å²) < 4.78 is 24.8. The third kappa shape index (κ3) is 4.21. The van der Waals surface area contributed by atoms with Crippen LogP contribution in [0, 0.1) is 12.7 Å². The number of halogens is 1. The van der Waals surface area contributed by atoms with Crippen molar-refractivity contribution in [1.29, 1.82) is 0 Å². The van der Waals surface area contributed by atoms with E-state index in [-0.39, 0.29) is 17.8 Å². The quantitative estimate of drug-likeness (QED) is 0.608. The van der Waals surface area contributed by atoms with Crippen molar-refractivity contribution in [3.8, 4) is 11.5 Å². The SMILES string of the molecule is CN=C(NC1CC1c1ccccc1F)N(C)Cc1cc(OC)c(OC)cc1C. The number of guanidine groups is 1. The molecule has 150 valence electrons. The first-order valence-corrected chi connectivity index (χ1v) is 9.38. The maximum Gasteiger partial charge on any atom is 0.193 e. The van der Waals surface area contributed by atoms with E-state index in [0.29, 0.717) is 12.3 Å². The van der Waals surface area contributed by atoms with Crippen molar-refractivity contribution in [2.75, 3.05) is 28.3 Å². The number of aryl methyl sites for hydroxylation is 1. The topological polar surface area (TPSA) is 46.1 Å². The molecule has 2 aromatic rings. The molecule has 2 aromatic carbocycles. The number of ether oxygens (including phenoxy) is 2. The van der Waals surface area contributed by atoms with Gasteiger partial charge < -0.3 is 19.7 Å². The highest BCUT2D eigenvalue weighted by molar-refractivity contribution is 5.80. The fraction of sp³-hybridized carbons (Fsp3) is 0.409. The Morgan fingerprint density at radius 2 is 1.89 bits per heavy atom. The van der Waals surface area contributed by atoms with Gasteiger partial charge in [-0.2, -0.15) is 0 Å². The maximum atomic E-state index is 14.0.